The van der Waals surface area contributed by atoms with Gasteiger partial charge >= 0.3 is 0 Å². The first kappa shape index (κ1) is 11.8. The van der Waals surface area contributed by atoms with E-state index in [2.05, 4.69) is 0 Å². The van der Waals surface area contributed by atoms with Crippen LogP contribution in [0.2, 0.25) is 0 Å². The van der Waals surface area contributed by atoms with E-state index < -0.39 is 22.7 Å². The summed E-state index contributed by atoms with van der Waals surface area (Å²) in [4.78, 5) is 0. The Hall–Kier alpha value is -0.270. The van der Waals surface area contributed by atoms with Crippen molar-refractivity contribution in [1.82, 2.24) is 8.61 Å². The van der Waals surface area contributed by atoms with Crippen LogP contribution in [0.25, 0.3) is 0 Å². The molecular weight excluding hydrogens is 214 g/mol. The molecule has 1 heterocycles. The zero-order chi connectivity index (χ0) is 11.0. The van der Waals surface area contributed by atoms with Crippen LogP contribution in [0.15, 0.2) is 0 Å². The van der Waals surface area contributed by atoms with Crippen LogP contribution < -0.4 is 0 Å². The molecule has 0 atom stereocenters. The van der Waals surface area contributed by atoms with E-state index in [0.717, 1.165) is 8.61 Å². The third-order valence-electron chi connectivity index (χ3n) is 2.15. The summed E-state index contributed by atoms with van der Waals surface area (Å²) in [5.74, 6) is -2.89. The van der Waals surface area contributed by atoms with Gasteiger partial charge in [0.05, 0.1) is 6.54 Å². The van der Waals surface area contributed by atoms with Gasteiger partial charge in [0.15, 0.2) is 0 Å². The summed E-state index contributed by atoms with van der Waals surface area (Å²) in [6, 6.07) is 0. The zero-order valence-electron chi connectivity index (χ0n) is 8.20. The third-order valence-corrected chi connectivity index (χ3v) is 4.03. The first-order valence-corrected chi connectivity index (χ1v) is 5.71. The molecule has 0 spiro atoms. The highest BCUT2D eigenvalue weighted by molar-refractivity contribution is 7.86. The van der Waals surface area contributed by atoms with E-state index in [9.17, 15) is 17.2 Å². The van der Waals surface area contributed by atoms with Crippen LogP contribution in [-0.4, -0.2) is 50.1 Å². The molecule has 0 bridgehead atoms. The first-order chi connectivity index (χ1) is 6.26. The lowest BCUT2D eigenvalue weighted by Crippen LogP contribution is -2.49. The van der Waals surface area contributed by atoms with E-state index >= 15 is 0 Å². The highest BCUT2D eigenvalue weighted by atomic mass is 32.2. The van der Waals surface area contributed by atoms with E-state index in [4.69, 9.17) is 0 Å². The fraction of sp³-hybridized carbons (Fsp3) is 1.00. The molecule has 1 saturated heterocycles. The van der Waals surface area contributed by atoms with E-state index in [1.54, 1.807) is 0 Å². The maximum absolute atomic E-state index is 12.9. The van der Waals surface area contributed by atoms with Crippen molar-refractivity contribution >= 4 is 10.2 Å². The Morgan fingerprint density at radius 2 is 1.93 bits per heavy atom. The van der Waals surface area contributed by atoms with Gasteiger partial charge in [0, 0.05) is 27.1 Å². The van der Waals surface area contributed by atoms with Crippen molar-refractivity contribution in [3.05, 3.63) is 0 Å². The Kier molecular flexibility index (Phi) is 3.13. The number of nitrogens with zero attached hydrogens (tertiary/aromatic N) is 2. The molecule has 0 unspecified atom stereocenters. The van der Waals surface area contributed by atoms with Crippen molar-refractivity contribution in [2.75, 3.05) is 27.2 Å². The van der Waals surface area contributed by atoms with Gasteiger partial charge in [-0.25, -0.2) is 8.78 Å². The summed E-state index contributed by atoms with van der Waals surface area (Å²) in [5.41, 5.74) is 0. The quantitative estimate of drug-likeness (QED) is 0.691. The minimum atomic E-state index is -3.68. The van der Waals surface area contributed by atoms with Crippen LogP contribution in [-0.2, 0) is 10.2 Å². The van der Waals surface area contributed by atoms with Crippen molar-refractivity contribution in [3.8, 4) is 0 Å². The van der Waals surface area contributed by atoms with Crippen molar-refractivity contribution in [1.29, 1.82) is 0 Å². The van der Waals surface area contributed by atoms with Gasteiger partial charge in [-0.2, -0.15) is 17.0 Å². The number of piperidine rings is 1. The van der Waals surface area contributed by atoms with Crippen LogP contribution >= 0.6 is 0 Å². The molecule has 0 N–H and O–H groups in total. The van der Waals surface area contributed by atoms with Crippen molar-refractivity contribution < 1.29 is 17.2 Å². The summed E-state index contributed by atoms with van der Waals surface area (Å²) in [7, 11) is -1.01. The predicted molar refractivity (Wildman–Crippen MR) is 48.4 cm³/mol. The lowest BCUT2D eigenvalue weighted by atomic mass is 10.1. The number of hydrogen-bond acceptors (Lipinski definition) is 2. The monoisotopic (exact) mass is 228 g/mol. The maximum Gasteiger partial charge on any atom is 0.281 e. The topological polar surface area (TPSA) is 40.6 Å². The number of alkyl halides is 2. The molecule has 1 rings (SSSR count). The van der Waals surface area contributed by atoms with Gasteiger partial charge in [-0.05, 0) is 6.42 Å². The summed E-state index contributed by atoms with van der Waals surface area (Å²) in [5, 5.41) is 0. The Morgan fingerprint density at radius 3 is 2.36 bits per heavy atom. The van der Waals surface area contributed by atoms with Crippen molar-refractivity contribution in [2.45, 2.75) is 18.8 Å². The second-order valence-electron chi connectivity index (χ2n) is 3.58. The second kappa shape index (κ2) is 3.71. The normalized spacial score (nSPS) is 24.1. The summed E-state index contributed by atoms with van der Waals surface area (Å²) < 4.78 is 50.6. The maximum atomic E-state index is 12.9. The summed E-state index contributed by atoms with van der Waals surface area (Å²) in [6.45, 7) is -0.524. The van der Waals surface area contributed by atoms with Crippen LogP contribution in [0, 0.1) is 0 Å². The summed E-state index contributed by atoms with van der Waals surface area (Å²) >= 11 is 0. The van der Waals surface area contributed by atoms with Gasteiger partial charge in [-0.1, -0.05) is 0 Å². The molecule has 4 nitrogen and oxygen atoms in total. The molecule has 1 aliphatic rings. The fourth-order valence-electron chi connectivity index (χ4n) is 1.36. The predicted octanol–water partition coefficient (Wildman–Crippen LogP) is 0.524. The molecule has 7 heteroatoms. The van der Waals surface area contributed by atoms with Gasteiger partial charge in [-0.3, -0.25) is 0 Å². The molecule has 1 fully saturated rings. The van der Waals surface area contributed by atoms with Gasteiger partial charge in [0.2, 0.25) is 0 Å². The highest BCUT2D eigenvalue weighted by Gasteiger charge is 2.40. The van der Waals surface area contributed by atoms with Gasteiger partial charge < -0.3 is 0 Å². The van der Waals surface area contributed by atoms with Crippen LogP contribution in [0.3, 0.4) is 0 Å². The third kappa shape index (κ3) is 2.40. The molecule has 0 saturated carbocycles. The van der Waals surface area contributed by atoms with Crippen LogP contribution in [0.5, 0.6) is 0 Å². The molecule has 14 heavy (non-hydrogen) atoms. The van der Waals surface area contributed by atoms with E-state index in [1.807, 2.05) is 0 Å². The Labute approximate surface area is 82.7 Å². The van der Waals surface area contributed by atoms with Gasteiger partial charge in [-0.15, -0.1) is 0 Å². The molecule has 0 aromatic heterocycles. The van der Waals surface area contributed by atoms with Crippen LogP contribution in [0.1, 0.15) is 12.8 Å². The number of hydrogen-bond donors (Lipinski definition) is 0. The minimum absolute atomic E-state index is 0.177. The van der Waals surface area contributed by atoms with Crippen molar-refractivity contribution in [3.63, 3.8) is 0 Å². The zero-order valence-corrected chi connectivity index (χ0v) is 9.02. The Balaban J connectivity index is 2.80. The lowest BCUT2D eigenvalue weighted by molar-refractivity contribution is -0.0442. The van der Waals surface area contributed by atoms with E-state index in [-0.39, 0.29) is 19.4 Å². The standard InChI is InChI=1S/C7H14F2N2O2S/c1-10(2)14(12,13)11-5-3-4-7(8,9)6-11/h3-6H2,1-2H3. The summed E-state index contributed by atoms with van der Waals surface area (Å²) in [6.07, 6.45) is -0.0213. The second-order valence-corrected chi connectivity index (χ2v) is 5.73. The molecule has 0 aromatic rings. The Bertz CT molecular complexity index is 303. The fourth-order valence-corrected chi connectivity index (χ4v) is 2.53. The SMILES string of the molecule is CN(C)S(=O)(=O)N1CCCC(F)(F)C1. The number of rotatable bonds is 2. The molecular formula is C7H14F2N2O2S. The van der Waals surface area contributed by atoms with Crippen LogP contribution in [0.4, 0.5) is 8.78 Å². The molecule has 0 radical (unpaired) electrons. The molecule has 0 aliphatic carbocycles. The average Bonchev–Trinajstić information content (AvgIpc) is 2.02. The minimum Gasteiger partial charge on any atom is -0.205 e. The first-order valence-electron chi connectivity index (χ1n) is 4.31. The Morgan fingerprint density at radius 1 is 1.36 bits per heavy atom. The van der Waals surface area contributed by atoms with Crippen molar-refractivity contribution in [2.24, 2.45) is 0 Å². The average molecular weight is 228 g/mol. The number of halogens is 2. The van der Waals surface area contributed by atoms with E-state index in [0.29, 0.717) is 0 Å². The largest absolute Gasteiger partial charge is 0.281 e. The van der Waals surface area contributed by atoms with E-state index in [1.165, 1.54) is 14.1 Å². The highest BCUT2D eigenvalue weighted by Crippen LogP contribution is 2.28. The molecule has 84 valence electrons. The molecule has 0 aromatic carbocycles. The lowest BCUT2D eigenvalue weighted by Gasteiger charge is -2.33. The van der Waals surface area contributed by atoms with Gasteiger partial charge in [0.1, 0.15) is 0 Å². The smallest absolute Gasteiger partial charge is 0.205 e. The molecule has 1 aliphatic heterocycles. The van der Waals surface area contributed by atoms with Gasteiger partial charge in [0.25, 0.3) is 16.1 Å². The molecule has 0 amide bonds.